The van der Waals surface area contributed by atoms with Crippen molar-refractivity contribution in [2.75, 3.05) is 19.6 Å². The minimum Gasteiger partial charge on any atom is -0.387 e. The SMILES string of the molecule is NCCNCC(O)c1ccc(C(F)(F)F)cc1. The lowest BCUT2D eigenvalue weighted by Gasteiger charge is -2.13. The molecule has 0 spiro atoms. The van der Waals surface area contributed by atoms with Gasteiger partial charge in [-0.25, -0.2) is 0 Å². The molecule has 1 unspecified atom stereocenters. The normalized spacial score (nSPS) is 13.7. The molecule has 0 bridgehead atoms. The van der Waals surface area contributed by atoms with Crippen molar-refractivity contribution in [2.24, 2.45) is 5.73 Å². The molecular formula is C11H15F3N2O. The minimum atomic E-state index is -4.35. The zero-order valence-electron chi connectivity index (χ0n) is 9.17. The second kappa shape index (κ2) is 6.00. The topological polar surface area (TPSA) is 58.3 Å². The van der Waals surface area contributed by atoms with E-state index in [0.29, 0.717) is 18.7 Å². The number of hydrogen-bond acceptors (Lipinski definition) is 3. The van der Waals surface area contributed by atoms with Crippen LogP contribution in [0.2, 0.25) is 0 Å². The second-order valence-corrected chi connectivity index (χ2v) is 3.63. The number of nitrogens with one attached hydrogen (secondary N) is 1. The Morgan fingerprint density at radius 1 is 1.24 bits per heavy atom. The molecule has 1 rings (SSSR count). The molecular weight excluding hydrogens is 233 g/mol. The number of nitrogens with two attached hydrogens (primary N) is 1. The van der Waals surface area contributed by atoms with Gasteiger partial charge in [0.05, 0.1) is 11.7 Å². The van der Waals surface area contributed by atoms with Crippen molar-refractivity contribution in [3.8, 4) is 0 Å². The Hall–Kier alpha value is -1.11. The lowest BCUT2D eigenvalue weighted by molar-refractivity contribution is -0.137. The molecule has 1 aromatic carbocycles. The Morgan fingerprint density at radius 3 is 2.29 bits per heavy atom. The third kappa shape index (κ3) is 4.33. The van der Waals surface area contributed by atoms with Gasteiger partial charge in [0.25, 0.3) is 0 Å². The van der Waals surface area contributed by atoms with Crippen molar-refractivity contribution in [1.82, 2.24) is 5.32 Å². The van der Waals surface area contributed by atoms with Crippen LogP contribution in [-0.2, 0) is 6.18 Å². The summed E-state index contributed by atoms with van der Waals surface area (Å²) < 4.78 is 36.8. The zero-order valence-corrected chi connectivity index (χ0v) is 9.17. The number of halogens is 3. The number of aliphatic hydroxyl groups is 1. The number of aliphatic hydroxyl groups excluding tert-OH is 1. The molecule has 1 aromatic rings. The van der Waals surface area contributed by atoms with E-state index in [1.807, 2.05) is 0 Å². The predicted molar refractivity (Wildman–Crippen MR) is 58.3 cm³/mol. The summed E-state index contributed by atoms with van der Waals surface area (Å²) in [6, 6.07) is 4.47. The molecule has 4 N–H and O–H groups in total. The maximum Gasteiger partial charge on any atom is 0.416 e. The fourth-order valence-electron chi connectivity index (χ4n) is 1.35. The molecule has 6 heteroatoms. The summed E-state index contributed by atoms with van der Waals surface area (Å²) in [5.41, 5.74) is 4.98. The van der Waals surface area contributed by atoms with Gasteiger partial charge in [-0.05, 0) is 17.7 Å². The van der Waals surface area contributed by atoms with E-state index < -0.39 is 17.8 Å². The molecule has 0 saturated heterocycles. The third-order valence-corrected chi connectivity index (χ3v) is 2.28. The Kier molecular flexibility index (Phi) is 4.92. The van der Waals surface area contributed by atoms with Crippen molar-refractivity contribution in [2.45, 2.75) is 12.3 Å². The van der Waals surface area contributed by atoms with Crippen LogP contribution in [0.1, 0.15) is 17.2 Å². The first kappa shape index (κ1) is 14.0. The molecule has 17 heavy (non-hydrogen) atoms. The maximum atomic E-state index is 12.3. The molecule has 96 valence electrons. The predicted octanol–water partition coefficient (Wildman–Crippen LogP) is 1.29. The van der Waals surface area contributed by atoms with Crippen LogP contribution in [0.5, 0.6) is 0 Å². The molecule has 0 fully saturated rings. The standard InChI is InChI=1S/C11H15F3N2O/c12-11(13,14)9-3-1-8(2-4-9)10(17)7-16-6-5-15/h1-4,10,16-17H,5-7,15H2. The highest BCUT2D eigenvalue weighted by molar-refractivity contribution is 5.26. The molecule has 0 heterocycles. The van der Waals surface area contributed by atoms with Gasteiger partial charge >= 0.3 is 6.18 Å². The lowest BCUT2D eigenvalue weighted by atomic mass is 10.1. The van der Waals surface area contributed by atoms with Crippen LogP contribution in [0.25, 0.3) is 0 Å². The van der Waals surface area contributed by atoms with Crippen molar-refractivity contribution in [1.29, 1.82) is 0 Å². The van der Waals surface area contributed by atoms with Crippen LogP contribution in [0.15, 0.2) is 24.3 Å². The van der Waals surface area contributed by atoms with E-state index in [-0.39, 0.29) is 6.54 Å². The van der Waals surface area contributed by atoms with Crippen LogP contribution >= 0.6 is 0 Å². The first-order chi connectivity index (χ1) is 7.95. The van der Waals surface area contributed by atoms with Gasteiger partial charge in [-0.3, -0.25) is 0 Å². The lowest BCUT2D eigenvalue weighted by Crippen LogP contribution is -2.27. The third-order valence-electron chi connectivity index (χ3n) is 2.28. The van der Waals surface area contributed by atoms with Crippen LogP contribution in [0.4, 0.5) is 13.2 Å². The first-order valence-corrected chi connectivity index (χ1v) is 5.21. The Labute approximate surface area is 97.4 Å². The highest BCUT2D eigenvalue weighted by Gasteiger charge is 2.30. The Balaban J connectivity index is 2.61. The zero-order chi connectivity index (χ0) is 12.9. The largest absolute Gasteiger partial charge is 0.416 e. The van der Waals surface area contributed by atoms with E-state index in [0.717, 1.165) is 12.1 Å². The molecule has 0 amide bonds. The summed E-state index contributed by atoms with van der Waals surface area (Å²) >= 11 is 0. The van der Waals surface area contributed by atoms with Crippen molar-refractivity contribution in [3.63, 3.8) is 0 Å². The van der Waals surface area contributed by atoms with E-state index in [1.54, 1.807) is 0 Å². The van der Waals surface area contributed by atoms with E-state index in [4.69, 9.17) is 5.73 Å². The van der Waals surface area contributed by atoms with Crippen LogP contribution in [0, 0.1) is 0 Å². The average Bonchev–Trinajstić information content (AvgIpc) is 2.28. The number of benzene rings is 1. The highest BCUT2D eigenvalue weighted by atomic mass is 19.4. The Morgan fingerprint density at radius 2 is 1.82 bits per heavy atom. The van der Waals surface area contributed by atoms with E-state index in [9.17, 15) is 18.3 Å². The first-order valence-electron chi connectivity index (χ1n) is 5.21. The maximum absolute atomic E-state index is 12.3. The van der Waals surface area contributed by atoms with Gasteiger partial charge in [0.2, 0.25) is 0 Å². The summed E-state index contributed by atoms with van der Waals surface area (Å²) in [5, 5.41) is 12.5. The quantitative estimate of drug-likeness (QED) is 0.688. The smallest absolute Gasteiger partial charge is 0.387 e. The number of alkyl halides is 3. The summed E-state index contributed by atoms with van der Waals surface area (Å²) in [7, 11) is 0. The van der Waals surface area contributed by atoms with E-state index >= 15 is 0 Å². The fraction of sp³-hybridized carbons (Fsp3) is 0.455. The van der Waals surface area contributed by atoms with Gasteiger partial charge in [0.1, 0.15) is 0 Å². The Bertz CT molecular complexity index is 338. The van der Waals surface area contributed by atoms with Crippen LogP contribution in [0.3, 0.4) is 0 Å². The molecule has 0 aliphatic rings. The minimum absolute atomic E-state index is 0.266. The molecule has 0 aliphatic carbocycles. The van der Waals surface area contributed by atoms with Gasteiger partial charge in [-0.2, -0.15) is 13.2 Å². The van der Waals surface area contributed by atoms with Gasteiger partial charge in [0.15, 0.2) is 0 Å². The highest BCUT2D eigenvalue weighted by Crippen LogP contribution is 2.29. The molecule has 0 aromatic heterocycles. The van der Waals surface area contributed by atoms with Crippen LogP contribution in [-0.4, -0.2) is 24.7 Å². The van der Waals surface area contributed by atoms with Crippen LogP contribution < -0.4 is 11.1 Å². The van der Waals surface area contributed by atoms with Crippen molar-refractivity contribution >= 4 is 0 Å². The van der Waals surface area contributed by atoms with Gasteiger partial charge in [0, 0.05) is 19.6 Å². The van der Waals surface area contributed by atoms with E-state index in [2.05, 4.69) is 5.32 Å². The van der Waals surface area contributed by atoms with Gasteiger partial charge < -0.3 is 16.2 Å². The fourth-order valence-corrected chi connectivity index (χ4v) is 1.35. The monoisotopic (exact) mass is 248 g/mol. The van der Waals surface area contributed by atoms with E-state index in [1.165, 1.54) is 12.1 Å². The molecule has 3 nitrogen and oxygen atoms in total. The number of hydrogen-bond donors (Lipinski definition) is 3. The molecule has 0 aliphatic heterocycles. The molecule has 0 radical (unpaired) electrons. The van der Waals surface area contributed by atoms with Gasteiger partial charge in [-0.1, -0.05) is 12.1 Å². The summed E-state index contributed by atoms with van der Waals surface area (Å²) in [6.45, 7) is 1.26. The second-order valence-electron chi connectivity index (χ2n) is 3.63. The van der Waals surface area contributed by atoms with Gasteiger partial charge in [-0.15, -0.1) is 0 Å². The summed E-state index contributed by atoms with van der Waals surface area (Å²) in [5.74, 6) is 0. The number of rotatable bonds is 5. The molecule has 1 atom stereocenters. The molecule has 0 saturated carbocycles. The average molecular weight is 248 g/mol. The van der Waals surface area contributed by atoms with Crippen molar-refractivity contribution < 1.29 is 18.3 Å². The summed E-state index contributed by atoms with van der Waals surface area (Å²) in [6.07, 6.45) is -5.18. The van der Waals surface area contributed by atoms with Crippen molar-refractivity contribution in [3.05, 3.63) is 35.4 Å². The summed E-state index contributed by atoms with van der Waals surface area (Å²) in [4.78, 5) is 0.